The molecule has 4 nitrogen and oxygen atoms in total. The summed E-state index contributed by atoms with van der Waals surface area (Å²) in [7, 11) is 0. The molecule has 15 heavy (non-hydrogen) atoms. The van der Waals surface area contributed by atoms with Crippen molar-refractivity contribution in [1.29, 1.82) is 0 Å². The van der Waals surface area contributed by atoms with Gasteiger partial charge in [-0.05, 0) is 43.5 Å². The van der Waals surface area contributed by atoms with Gasteiger partial charge in [-0.25, -0.2) is 0 Å². The molecule has 3 N–H and O–H groups in total. The second-order valence-electron chi connectivity index (χ2n) is 3.57. The number of amides is 2. The molecule has 0 radical (unpaired) electrons. The first kappa shape index (κ1) is 11.2. The summed E-state index contributed by atoms with van der Waals surface area (Å²) in [5.41, 5.74) is 8.59. The third-order valence-electron chi connectivity index (χ3n) is 2.31. The Morgan fingerprint density at radius 2 is 1.60 bits per heavy atom. The zero-order valence-corrected chi connectivity index (χ0v) is 9.05. The van der Waals surface area contributed by atoms with E-state index < -0.39 is 11.8 Å². The predicted octanol–water partition coefficient (Wildman–Crippen LogP) is 1.04. The Morgan fingerprint density at radius 1 is 1.07 bits per heavy atom. The van der Waals surface area contributed by atoms with Gasteiger partial charge in [-0.3, -0.25) is 9.59 Å². The van der Waals surface area contributed by atoms with Gasteiger partial charge in [-0.1, -0.05) is 6.07 Å². The van der Waals surface area contributed by atoms with Crippen LogP contribution < -0.4 is 11.1 Å². The van der Waals surface area contributed by atoms with Crippen molar-refractivity contribution in [2.75, 3.05) is 5.32 Å². The molecular formula is C11H14N2O2. The fourth-order valence-electron chi connectivity index (χ4n) is 1.28. The number of carbonyl (C=O) groups is 2. The molecule has 0 fully saturated rings. The van der Waals surface area contributed by atoms with Gasteiger partial charge in [-0.2, -0.15) is 0 Å². The lowest BCUT2D eigenvalue weighted by Gasteiger charge is -2.09. The highest BCUT2D eigenvalue weighted by molar-refractivity contribution is 6.39. The van der Waals surface area contributed by atoms with Crippen LogP contribution in [0.3, 0.4) is 0 Å². The molecule has 4 heteroatoms. The van der Waals surface area contributed by atoms with Crippen molar-refractivity contribution < 1.29 is 9.59 Å². The zero-order chi connectivity index (χ0) is 11.6. The number of hydrogen-bond donors (Lipinski definition) is 2. The van der Waals surface area contributed by atoms with Crippen LogP contribution in [0.4, 0.5) is 5.69 Å². The number of aryl methyl sites for hydroxylation is 3. The summed E-state index contributed by atoms with van der Waals surface area (Å²) < 4.78 is 0. The van der Waals surface area contributed by atoms with Crippen molar-refractivity contribution in [1.82, 2.24) is 0 Å². The van der Waals surface area contributed by atoms with Crippen LogP contribution in [0.1, 0.15) is 16.7 Å². The second-order valence-corrected chi connectivity index (χ2v) is 3.57. The average Bonchev–Trinajstić information content (AvgIpc) is 2.13. The van der Waals surface area contributed by atoms with E-state index in [1.807, 2.05) is 32.9 Å². The quantitative estimate of drug-likeness (QED) is 0.674. The van der Waals surface area contributed by atoms with Gasteiger partial charge in [0.1, 0.15) is 0 Å². The van der Waals surface area contributed by atoms with Crippen molar-refractivity contribution in [2.45, 2.75) is 20.8 Å². The van der Waals surface area contributed by atoms with Crippen LogP contribution in [0, 0.1) is 20.8 Å². The van der Waals surface area contributed by atoms with Gasteiger partial charge in [-0.15, -0.1) is 0 Å². The van der Waals surface area contributed by atoms with Crippen LogP contribution >= 0.6 is 0 Å². The number of anilines is 1. The topological polar surface area (TPSA) is 72.2 Å². The minimum atomic E-state index is -0.979. The van der Waals surface area contributed by atoms with Crippen molar-refractivity contribution in [3.8, 4) is 0 Å². The van der Waals surface area contributed by atoms with Crippen molar-refractivity contribution in [3.63, 3.8) is 0 Å². The third-order valence-corrected chi connectivity index (χ3v) is 2.31. The van der Waals surface area contributed by atoms with Crippen LogP contribution in [0.15, 0.2) is 12.1 Å². The summed E-state index contributed by atoms with van der Waals surface area (Å²) in [6.07, 6.45) is 0. The number of benzene rings is 1. The van der Waals surface area contributed by atoms with Gasteiger partial charge in [0.25, 0.3) is 0 Å². The van der Waals surface area contributed by atoms with Gasteiger partial charge in [0.15, 0.2) is 0 Å². The van der Waals surface area contributed by atoms with E-state index in [4.69, 9.17) is 5.73 Å². The van der Waals surface area contributed by atoms with E-state index in [0.717, 1.165) is 16.7 Å². The van der Waals surface area contributed by atoms with Crippen molar-refractivity contribution in [2.24, 2.45) is 5.73 Å². The molecule has 0 saturated heterocycles. The maximum atomic E-state index is 11.1. The summed E-state index contributed by atoms with van der Waals surface area (Å²) in [5.74, 6) is -1.77. The highest BCUT2D eigenvalue weighted by Gasteiger charge is 2.10. The van der Waals surface area contributed by atoms with Gasteiger partial charge >= 0.3 is 11.8 Å². The number of nitrogens with two attached hydrogens (primary N) is 1. The van der Waals surface area contributed by atoms with Crippen LogP contribution in [0.25, 0.3) is 0 Å². The molecule has 0 bridgehead atoms. The Labute approximate surface area is 88.5 Å². The Balaban J connectivity index is 3.01. The summed E-state index contributed by atoms with van der Waals surface area (Å²) in [5, 5.41) is 2.46. The fourth-order valence-corrected chi connectivity index (χ4v) is 1.28. The van der Waals surface area contributed by atoms with Crippen LogP contribution in [-0.4, -0.2) is 11.8 Å². The van der Waals surface area contributed by atoms with E-state index in [9.17, 15) is 9.59 Å². The molecule has 0 aromatic heterocycles. The molecule has 1 aromatic carbocycles. The predicted molar refractivity (Wildman–Crippen MR) is 58.5 cm³/mol. The lowest BCUT2D eigenvalue weighted by Crippen LogP contribution is -2.29. The van der Waals surface area contributed by atoms with E-state index >= 15 is 0 Å². The molecule has 0 spiro atoms. The second kappa shape index (κ2) is 4.13. The monoisotopic (exact) mass is 206 g/mol. The molecule has 0 unspecified atom stereocenters. The van der Waals surface area contributed by atoms with E-state index in [2.05, 4.69) is 5.32 Å². The molecule has 0 aliphatic rings. The number of rotatable bonds is 1. The highest BCUT2D eigenvalue weighted by atomic mass is 16.2. The smallest absolute Gasteiger partial charge is 0.313 e. The molecule has 80 valence electrons. The van der Waals surface area contributed by atoms with E-state index in [1.54, 1.807) is 0 Å². The normalized spacial score (nSPS) is 9.80. The molecule has 0 heterocycles. The molecule has 0 saturated carbocycles. The minimum Gasteiger partial charge on any atom is -0.361 e. The van der Waals surface area contributed by atoms with Crippen LogP contribution in [0.2, 0.25) is 0 Å². The lowest BCUT2D eigenvalue weighted by molar-refractivity contribution is -0.134. The number of carbonyl (C=O) groups excluding carboxylic acids is 2. The SMILES string of the molecule is Cc1cc(C)c(NC(=O)C(N)=O)cc1C. The summed E-state index contributed by atoms with van der Waals surface area (Å²) in [6, 6.07) is 3.78. The Hall–Kier alpha value is -1.84. The van der Waals surface area contributed by atoms with E-state index in [-0.39, 0.29) is 0 Å². The molecular weight excluding hydrogens is 192 g/mol. The van der Waals surface area contributed by atoms with Crippen molar-refractivity contribution >= 4 is 17.5 Å². The first-order valence-electron chi connectivity index (χ1n) is 4.60. The molecule has 0 aliphatic heterocycles. The van der Waals surface area contributed by atoms with Gasteiger partial charge < -0.3 is 11.1 Å². The Bertz CT molecular complexity index is 425. The standard InChI is InChI=1S/C11H14N2O2/c1-6-4-8(3)9(5-7(6)2)13-11(15)10(12)14/h4-5H,1-3H3,(H2,12,14)(H,13,15). The third kappa shape index (κ3) is 2.56. The van der Waals surface area contributed by atoms with Gasteiger partial charge in [0.05, 0.1) is 0 Å². The summed E-state index contributed by atoms with van der Waals surface area (Å²) in [6.45, 7) is 5.79. The largest absolute Gasteiger partial charge is 0.361 e. The summed E-state index contributed by atoms with van der Waals surface area (Å²) >= 11 is 0. The molecule has 1 rings (SSSR count). The Morgan fingerprint density at radius 3 is 2.13 bits per heavy atom. The van der Waals surface area contributed by atoms with E-state index in [1.165, 1.54) is 0 Å². The number of nitrogens with one attached hydrogen (secondary N) is 1. The first-order chi connectivity index (χ1) is 6.91. The van der Waals surface area contributed by atoms with Crippen molar-refractivity contribution in [3.05, 3.63) is 28.8 Å². The summed E-state index contributed by atoms with van der Waals surface area (Å²) in [4.78, 5) is 21.7. The lowest BCUT2D eigenvalue weighted by atomic mass is 10.0. The molecule has 2 amide bonds. The molecule has 0 aliphatic carbocycles. The Kier molecular flexibility index (Phi) is 3.09. The van der Waals surface area contributed by atoms with Crippen LogP contribution in [0.5, 0.6) is 0 Å². The van der Waals surface area contributed by atoms with Gasteiger partial charge in [0, 0.05) is 5.69 Å². The molecule has 1 aromatic rings. The average molecular weight is 206 g/mol. The number of hydrogen-bond acceptors (Lipinski definition) is 2. The molecule has 0 atom stereocenters. The minimum absolute atomic E-state index is 0.627. The van der Waals surface area contributed by atoms with Gasteiger partial charge in [0.2, 0.25) is 0 Å². The number of primary amides is 1. The maximum absolute atomic E-state index is 11.1. The zero-order valence-electron chi connectivity index (χ0n) is 9.05. The highest BCUT2D eigenvalue weighted by Crippen LogP contribution is 2.19. The van der Waals surface area contributed by atoms with Crippen LogP contribution in [-0.2, 0) is 9.59 Å². The maximum Gasteiger partial charge on any atom is 0.313 e. The fraction of sp³-hybridized carbons (Fsp3) is 0.273. The first-order valence-corrected chi connectivity index (χ1v) is 4.60. The van der Waals surface area contributed by atoms with E-state index in [0.29, 0.717) is 5.69 Å².